The molecule has 2 aliphatic heterocycles. The second-order valence-corrected chi connectivity index (χ2v) is 6.84. The first-order valence-corrected chi connectivity index (χ1v) is 9.05. The van der Waals surface area contributed by atoms with Crippen LogP contribution in [-0.4, -0.2) is 47.9 Å². The number of amides is 2. The van der Waals surface area contributed by atoms with Crippen LogP contribution < -0.4 is 10.2 Å². The Balaban J connectivity index is 1.49. The van der Waals surface area contributed by atoms with E-state index in [4.69, 9.17) is 0 Å². The van der Waals surface area contributed by atoms with Crippen molar-refractivity contribution in [2.24, 2.45) is 0 Å². The molecule has 1 unspecified atom stereocenters. The van der Waals surface area contributed by atoms with E-state index in [9.17, 15) is 19.2 Å². The zero-order valence-electron chi connectivity index (χ0n) is 15.1. The number of benzene rings is 1. The fourth-order valence-corrected chi connectivity index (χ4v) is 3.75. The summed E-state index contributed by atoms with van der Waals surface area (Å²) in [4.78, 5) is 33.1. The van der Waals surface area contributed by atoms with Gasteiger partial charge in [-0.3, -0.25) is 9.59 Å². The van der Waals surface area contributed by atoms with Crippen molar-refractivity contribution in [1.29, 1.82) is 5.26 Å². The maximum atomic E-state index is 13.5. The minimum atomic E-state index is -0.611. The number of carbonyl (C=O) groups is 2. The van der Waals surface area contributed by atoms with E-state index in [-0.39, 0.29) is 18.2 Å². The summed E-state index contributed by atoms with van der Waals surface area (Å²) in [5.41, 5.74) is 1.51. The minimum Gasteiger partial charge on any atom is -0.352 e. The predicted octanol–water partition coefficient (Wildman–Crippen LogP) is 1.87. The predicted molar refractivity (Wildman–Crippen MR) is 100 cm³/mol. The van der Waals surface area contributed by atoms with Crippen molar-refractivity contribution < 1.29 is 14.0 Å². The van der Waals surface area contributed by atoms with E-state index in [1.807, 2.05) is 4.90 Å². The first-order valence-electron chi connectivity index (χ1n) is 9.05. The van der Waals surface area contributed by atoms with Crippen LogP contribution in [-0.2, 0) is 9.59 Å². The maximum absolute atomic E-state index is 13.5. The maximum Gasteiger partial charge on any atom is 0.230 e. The van der Waals surface area contributed by atoms with Crippen LogP contribution in [0.4, 0.5) is 15.9 Å². The third kappa shape index (κ3) is 3.27. The highest BCUT2D eigenvalue weighted by molar-refractivity contribution is 6.01. The largest absolute Gasteiger partial charge is 0.352 e. The molecule has 0 spiro atoms. The van der Waals surface area contributed by atoms with Gasteiger partial charge in [-0.25, -0.2) is 9.37 Å². The Kier molecular flexibility index (Phi) is 4.65. The molecule has 2 aromatic rings. The van der Waals surface area contributed by atoms with Gasteiger partial charge in [-0.15, -0.1) is 0 Å². The lowest BCUT2D eigenvalue weighted by Crippen LogP contribution is -2.51. The summed E-state index contributed by atoms with van der Waals surface area (Å²) in [7, 11) is 0. The molecule has 7 nitrogen and oxygen atoms in total. The summed E-state index contributed by atoms with van der Waals surface area (Å²) in [6, 6.07) is 9.69. The van der Waals surface area contributed by atoms with Crippen molar-refractivity contribution in [2.45, 2.75) is 12.3 Å². The van der Waals surface area contributed by atoms with Crippen LogP contribution in [0.15, 0.2) is 36.5 Å². The van der Waals surface area contributed by atoms with Gasteiger partial charge in [0.2, 0.25) is 11.8 Å². The molecule has 3 heterocycles. The summed E-state index contributed by atoms with van der Waals surface area (Å²) < 4.78 is 13.5. The number of pyridine rings is 1. The SMILES string of the molecule is N#Cc1cccnc1N1CCN(C(=O)C2CC(=O)Nc3cc(F)ccc32)CC1. The number of carbonyl (C=O) groups excluding carboxylic acids is 2. The van der Waals surface area contributed by atoms with Crippen molar-refractivity contribution in [3.63, 3.8) is 0 Å². The first kappa shape index (κ1) is 17.9. The Hall–Kier alpha value is -3.47. The van der Waals surface area contributed by atoms with Crippen LogP contribution in [0.5, 0.6) is 0 Å². The molecule has 0 saturated carbocycles. The number of fused-ring (bicyclic) bond motifs is 1. The zero-order chi connectivity index (χ0) is 19.7. The summed E-state index contributed by atoms with van der Waals surface area (Å²) in [5, 5.41) is 11.9. The second-order valence-electron chi connectivity index (χ2n) is 6.84. The van der Waals surface area contributed by atoms with Gasteiger partial charge in [-0.2, -0.15) is 5.26 Å². The molecule has 1 aromatic heterocycles. The lowest BCUT2D eigenvalue weighted by Gasteiger charge is -2.38. The van der Waals surface area contributed by atoms with Gasteiger partial charge < -0.3 is 15.1 Å². The summed E-state index contributed by atoms with van der Waals surface area (Å²) >= 11 is 0. The molecule has 1 aromatic carbocycles. The van der Waals surface area contributed by atoms with Gasteiger partial charge in [0.05, 0.1) is 11.5 Å². The Morgan fingerprint density at radius 3 is 2.79 bits per heavy atom. The molecule has 8 heteroatoms. The molecule has 4 rings (SSSR count). The van der Waals surface area contributed by atoms with E-state index in [0.717, 1.165) is 0 Å². The van der Waals surface area contributed by atoms with Gasteiger partial charge in [0, 0.05) is 44.5 Å². The fraction of sp³-hybridized carbons (Fsp3) is 0.300. The second kappa shape index (κ2) is 7.27. The van der Waals surface area contributed by atoms with Crippen LogP contribution in [0.2, 0.25) is 0 Å². The molecule has 28 heavy (non-hydrogen) atoms. The highest BCUT2D eigenvalue weighted by Gasteiger charge is 2.35. The van der Waals surface area contributed by atoms with Gasteiger partial charge in [0.15, 0.2) is 0 Å². The molecular weight excluding hydrogens is 361 g/mol. The normalized spacial score (nSPS) is 18.9. The Morgan fingerprint density at radius 1 is 1.25 bits per heavy atom. The number of nitrogens with zero attached hydrogens (tertiary/aromatic N) is 4. The zero-order valence-corrected chi connectivity index (χ0v) is 15.1. The lowest BCUT2D eigenvalue weighted by molar-refractivity contribution is -0.135. The van der Waals surface area contributed by atoms with E-state index in [1.165, 1.54) is 12.1 Å². The lowest BCUT2D eigenvalue weighted by atomic mass is 9.89. The van der Waals surface area contributed by atoms with Gasteiger partial charge in [-0.1, -0.05) is 6.07 Å². The third-order valence-corrected chi connectivity index (χ3v) is 5.15. The van der Waals surface area contributed by atoms with E-state index in [0.29, 0.717) is 48.8 Å². The van der Waals surface area contributed by atoms with Crippen molar-refractivity contribution in [3.8, 4) is 6.07 Å². The van der Waals surface area contributed by atoms with Crippen LogP contribution in [0.1, 0.15) is 23.5 Å². The van der Waals surface area contributed by atoms with E-state index >= 15 is 0 Å². The van der Waals surface area contributed by atoms with Crippen LogP contribution in [0.3, 0.4) is 0 Å². The number of rotatable bonds is 2. The molecule has 0 radical (unpaired) electrons. The Labute approximate surface area is 161 Å². The minimum absolute atomic E-state index is 0.0521. The average Bonchev–Trinajstić information content (AvgIpc) is 2.72. The number of anilines is 2. The van der Waals surface area contributed by atoms with Crippen molar-refractivity contribution >= 4 is 23.3 Å². The van der Waals surface area contributed by atoms with E-state index < -0.39 is 11.7 Å². The number of nitriles is 1. The molecular formula is C20H18FN5O2. The smallest absolute Gasteiger partial charge is 0.230 e. The van der Waals surface area contributed by atoms with Gasteiger partial charge in [0.25, 0.3) is 0 Å². The molecule has 1 atom stereocenters. The van der Waals surface area contributed by atoms with Crippen LogP contribution in [0, 0.1) is 17.1 Å². The topological polar surface area (TPSA) is 89.3 Å². The highest BCUT2D eigenvalue weighted by Crippen LogP contribution is 2.34. The molecule has 1 saturated heterocycles. The molecule has 1 N–H and O–H groups in total. The number of halogens is 1. The molecule has 142 valence electrons. The van der Waals surface area contributed by atoms with Gasteiger partial charge in [-0.05, 0) is 29.8 Å². The van der Waals surface area contributed by atoms with Crippen molar-refractivity contribution in [1.82, 2.24) is 9.88 Å². The molecule has 2 aliphatic rings. The molecule has 0 bridgehead atoms. The number of piperazine rings is 1. The number of aromatic nitrogens is 1. The third-order valence-electron chi connectivity index (χ3n) is 5.15. The molecule has 0 aliphatic carbocycles. The average molecular weight is 379 g/mol. The molecule has 1 fully saturated rings. The number of hydrogen-bond acceptors (Lipinski definition) is 5. The summed E-state index contributed by atoms with van der Waals surface area (Å²) in [6.45, 7) is 2.03. The quantitative estimate of drug-likeness (QED) is 0.860. The van der Waals surface area contributed by atoms with Crippen LogP contribution in [0.25, 0.3) is 0 Å². The van der Waals surface area contributed by atoms with E-state index in [2.05, 4.69) is 16.4 Å². The highest BCUT2D eigenvalue weighted by atomic mass is 19.1. The fourth-order valence-electron chi connectivity index (χ4n) is 3.75. The van der Waals surface area contributed by atoms with Gasteiger partial charge in [0.1, 0.15) is 17.7 Å². The van der Waals surface area contributed by atoms with Crippen molar-refractivity contribution in [2.75, 3.05) is 36.4 Å². The van der Waals surface area contributed by atoms with E-state index in [1.54, 1.807) is 29.3 Å². The molecule has 2 amide bonds. The Bertz CT molecular complexity index is 979. The summed E-state index contributed by atoms with van der Waals surface area (Å²) in [6.07, 6.45) is 1.70. The standard InChI is InChI=1S/C20H18FN5O2/c21-14-3-4-15-16(11-18(27)24-17(15)10-14)20(28)26-8-6-25(7-9-26)19-13(12-22)2-1-5-23-19/h1-5,10,16H,6-9,11H2,(H,24,27). The van der Waals surface area contributed by atoms with Gasteiger partial charge >= 0.3 is 0 Å². The van der Waals surface area contributed by atoms with Crippen LogP contribution >= 0.6 is 0 Å². The monoisotopic (exact) mass is 379 g/mol. The number of hydrogen-bond donors (Lipinski definition) is 1. The Morgan fingerprint density at radius 2 is 2.04 bits per heavy atom. The number of nitrogens with one attached hydrogen (secondary N) is 1. The first-order chi connectivity index (χ1) is 13.6. The summed E-state index contributed by atoms with van der Waals surface area (Å²) in [5.74, 6) is -0.870. The van der Waals surface area contributed by atoms with Crippen molar-refractivity contribution in [3.05, 3.63) is 53.5 Å².